The summed E-state index contributed by atoms with van der Waals surface area (Å²) in [5, 5.41) is 5.05. The van der Waals surface area contributed by atoms with Gasteiger partial charge in [0.15, 0.2) is 0 Å². The van der Waals surface area contributed by atoms with Gasteiger partial charge in [-0.3, -0.25) is 9.78 Å². The molecule has 1 aliphatic rings. The number of carbonyl (C=O) groups is 1. The highest BCUT2D eigenvalue weighted by atomic mass is 32.1. The van der Waals surface area contributed by atoms with Crippen LogP contribution in [0.15, 0.2) is 35.8 Å². The number of carbonyl (C=O) groups excluding carboxylic acids is 1. The van der Waals surface area contributed by atoms with Crippen molar-refractivity contribution in [2.24, 2.45) is 5.92 Å². The Morgan fingerprint density at radius 3 is 3.17 bits per heavy atom. The van der Waals surface area contributed by atoms with E-state index in [4.69, 9.17) is 0 Å². The summed E-state index contributed by atoms with van der Waals surface area (Å²) in [5.41, 5.74) is 1.54. The second-order valence-corrected chi connectivity index (χ2v) is 7.51. The number of piperidine rings is 1. The number of thiophene rings is 1. The Labute approximate surface area is 147 Å². The molecule has 1 aliphatic heterocycles. The predicted molar refractivity (Wildman–Crippen MR) is 99.3 cm³/mol. The molecule has 2 aromatic heterocycles. The van der Waals surface area contributed by atoms with Crippen molar-refractivity contribution in [3.8, 4) is 10.6 Å². The van der Waals surface area contributed by atoms with Crippen molar-refractivity contribution in [1.29, 1.82) is 0 Å². The number of rotatable bonds is 6. The molecular formula is C19H25N3OS. The molecular weight excluding hydrogens is 318 g/mol. The van der Waals surface area contributed by atoms with Gasteiger partial charge in [0.2, 0.25) is 0 Å². The molecule has 3 heterocycles. The number of hydrogen-bond donors (Lipinski definition) is 1. The maximum atomic E-state index is 12.3. The second-order valence-electron chi connectivity index (χ2n) is 6.56. The van der Waals surface area contributed by atoms with E-state index in [9.17, 15) is 4.79 Å². The normalized spacial score (nSPS) is 18.5. The van der Waals surface area contributed by atoms with Crippen LogP contribution in [0.3, 0.4) is 0 Å². The average molecular weight is 343 g/mol. The molecule has 0 bridgehead atoms. The molecule has 0 aromatic carbocycles. The minimum Gasteiger partial charge on any atom is -0.352 e. The summed E-state index contributed by atoms with van der Waals surface area (Å²) < 4.78 is 0. The zero-order valence-corrected chi connectivity index (χ0v) is 15.0. The van der Waals surface area contributed by atoms with E-state index in [1.165, 1.54) is 25.9 Å². The third-order valence-corrected chi connectivity index (χ3v) is 5.37. The lowest BCUT2D eigenvalue weighted by Gasteiger charge is -2.30. The fraction of sp³-hybridized carbons (Fsp3) is 0.474. The van der Waals surface area contributed by atoms with E-state index < -0.39 is 0 Å². The summed E-state index contributed by atoms with van der Waals surface area (Å²) in [5.74, 6) is 0.794. The minimum absolute atomic E-state index is 0.0118. The van der Waals surface area contributed by atoms with Gasteiger partial charge in [0.25, 0.3) is 5.91 Å². The Hall–Kier alpha value is -1.72. The van der Waals surface area contributed by atoms with Crippen LogP contribution in [0.5, 0.6) is 0 Å². The first kappa shape index (κ1) is 17.1. The van der Waals surface area contributed by atoms with Crippen molar-refractivity contribution in [3.05, 3.63) is 41.4 Å². The third kappa shape index (κ3) is 4.65. The first-order valence-corrected chi connectivity index (χ1v) is 9.61. The van der Waals surface area contributed by atoms with Gasteiger partial charge in [-0.25, -0.2) is 0 Å². The predicted octanol–water partition coefficient (Wildman–Crippen LogP) is 3.66. The second kappa shape index (κ2) is 8.40. The van der Waals surface area contributed by atoms with Gasteiger partial charge in [0.1, 0.15) is 0 Å². The monoisotopic (exact) mass is 343 g/mol. The van der Waals surface area contributed by atoms with Crippen LogP contribution in [0.1, 0.15) is 36.5 Å². The first-order chi connectivity index (χ1) is 11.7. The van der Waals surface area contributed by atoms with E-state index in [0.29, 0.717) is 5.56 Å². The summed E-state index contributed by atoms with van der Waals surface area (Å²) in [4.78, 5) is 20.3. The van der Waals surface area contributed by atoms with Crippen molar-refractivity contribution in [3.63, 3.8) is 0 Å². The Kier molecular flexibility index (Phi) is 5.99. The fourth-order valence-electron chi connectivity index (χ4n) is 3.23. The molecule has 4 nitrogen and oxygen atoms in total. The van der Waals surface area contributed by atoms with E-state index >= 15 is 0 Å². The molecule has 1 N–H and O–H groups in total. The third-order valence-electron chi connectivity index (χ3n) is 4.47. The maximum absolute atomic E-state index is 12.3. The van der Waals surface area contributed by atoms with Gasteiger partial charge in [-0.2, -0.15) is 0 Å². The van der Waals surface area contributed by atoms with Gasteiger partial charge in [0.05, 0.1) is 10.6 Å². The van der Waals surface area contributed by atoms with Gasteiger partial charge in [0, 0.05) is 24.8 Å². The molecule has 128 valence electrons. The number of hydrogen-bond acceptors (Lipinski definition) is 4. The quantitative estimate of drug-likeness (QED) is 0.814. The zero-order valence-electron chi connectivity index (χ0n) is 14.2. The van der Waals surface area contributed by atoms with Gasteiger partial charge in [-0.05, 0) is 61.8 Å². The number of nitrogens with one attached hydrogen (secondary N) is 1. The van der Waals surface area contributed by atoms with Crippen LogP contribution in [0.25, 0.3) is 10.6 Å². The van der Waals surface area contributed by atoms with Gasteiger partial charge in [-0.15, -0.1) is 11.3 Å². The molecule has 0 unspecified atom stereocenters. The number of nitrogens with zero attached hydrogens (tertiary/aromatic N) is 2. The van der Waals surface area contributed by atoms with Crippen molar-refractivity contribution in [2.45, 2.75) is 26.2 Å². The Morgan fingerprint density at radius 2 is 2.38 bits per heavy atom. The Morgan fingerprint density at radius 1 is 1.46 bits per heavy atom. The van der Waals surface area contributed by atoms with Crippen LogP contribution in [-0.2, 0) is 0 Å². The highest BCUT2D eigenvalue weighted by Crippen LogP contribution is 2.23. The molecule has 1 atom stereocenters. The molecule has 5 heteroatoms. The van der Waals surface area contributed by atoms with E-state index in [1.54, 1.807) is 23.6 Å². The molecule has 2 aromatic rings. The Bertz CT molecular complexity index is 656. The van der Waals surface area contributed by atoms with E-state index in [1.807, 2.05) is 23.6 Å². The van der Waals surface area contributed by atoms with Crippen molar-refractivity contribution in [1.82, 2.24) is 15.2 Å². The fourth-order valence-corrected chi connectivity index (χ4v) is 3.92. The van der Waals surface area contributed by atoms with Crippen molar-refractivity contribution >= 4 is 17.2 Å². The highest BCUT2D eigenvalue weighted by Gasteiger charge is 2.15. The van der Waals surface area contributed by atoms with Crippen molar-refractivity contribution < 1.29 is 4.79 Å². The van der Waals surface area contributed by atoms with Gasteiger partial charge < -0.3 is 10.2 Å². The molecule has 0 spiro atoms. The summed E-state index contributed by atoms with van der Waals surface area (Å²) in [6.45, 7) is 6.51. The van der Waals surface area contributed by atoms with E-state index in [0.717, 1.165) is 36.0 Å². The molecule has 0 saturated carbocycles. The smallest absolute Gasteiger partial charge is 0.251 e. The number of aromatic nitrogens is 1. The molecule has 1 saturated heterocycles. The number of likely N-dealkylation sites (tertiary alicyclic amines) is 1. The number of pyridine rings is 1. The Balaban J connectivity index is 1.46. The first-order valence-electron chi connectivity index (χ1n) is 8.73. The summed E-state index contributed by atoms with van der Waals surface area (Å²) in [6, 6.07) is 7.66. The largest absolute Gasteiger partial charge is 0.352 e. The molecule has 1 amide bonds. The lowest BCUT2D eigenvalue weighted by Crippen LogP contribution is -2.36. The van der Waals surface area contributed by atoms with Gasteiger partial charge >= 0.3 is 0 Å². The lowest BCUT2D eigenvalue weighted by atomic mass is 10.0. The van der Waals surface area contributed by atoms with Gasteiger partial charge in [-0.1, -0.05) is 13.0 Å². The average Bonchev–Trinajstić information content (AvgIpc) is 3.13. The molecule has 3 rings (SSSR count). The minimum atomic E-state index is -0.0118. The maximum Gasteiger partial charge on any atom is 0.251 e. The van der Waals surface area contributed by atoms with Crippen LogP contribution in [0, 0.1) is 5.92 Å². The molecule has 1 fully saturated rings. The zero-order chi connectivity index (χ0) is 16.8. The van der Waals surface area contributed by atoms with Crippen LogP contribution in [-0.4, -0.2) is 42.0 Å². The van der Waals surface area contributed by atoms with E-state index in [2.05, 4.69) is 22.1 Å². The topological polar surface area (TPSA) is 45.2 Å². The summed E-state index contributed by atoms with van der Waals surface area (Å²) in [7, 11) is 0. The molecule has 0 aliphatic carbocycles. The summed E-state index contributed by atoms with van der Waals surface area (Å²) >= 11 is 1.63. The number of amides is 1. The molecule has 0 radical (unpaired) electrons. The lowest BCUT2D eigenvalue weighted by molar-refractivity contribution is 0.0950. The summed E-state index contributed by atoms with van der Waals surface area (Å²) in [6.07, 6.45) is 5.36. The van der Waals surface area contributed by atoms with Crippen LogP contribution in [0.4, 0.5) is 0 Å². The van der Waals surface area contributed by atoms with Crippen LogP contribution < -0.4 is 5.32 Å². The van der Waals surface area contributed by atoms with Crippen LogP contribution >= 0.6 is 11.3 Å². The molecule has 24 heavy (non-hydrogen) atoms. The highest BCUT2D eigenvalue weighted by molar-refractivity contribution is 7.13. The van der Waals surface area contributed by atoms with E-state index in [-0.39, 0.29) is 5.91 Å². The van der Waals surface area contributed by atoms with Crippen LogP contribution in [0.2, 0.25) is 0 Å². The SMILES string of the molecule is C[C@H]1CCCN(CCCNC(=O)c2ccnc(-c3cccs3)c2)C1. The standard InChI is InChI=1S/C19H25N3OS/c1-15-5-2-10-22(14-15)11-4-8-21-19(23)16-7-9-20-17(13-16)18-6-3-12-24-18/h3,6-7,9,12-13,15H,2,4-5,8,10-11,14H2,1H3,(H,21,23)/t15-/m0/s1. The van der Waals surface area contributed by atoms with Crippen molar-refractivity contribution in [2.75, 3.05) is 26.2 Å².